The maximum Gasteiger partial charge on any atom is 0.295 e. The highest BCUT2D eigenvalue weighted by molar-refractivity contribution is 5.77. The summed E-state index contributed by atoms with van der Waals surface area (Å²) in [6.07, 6.45) is 0.589. The average molecular weight is 265 g/mol. The Morgan fingerprint density at radius 2 is 2.32 bits per heavy atom. The van der Waals surface area contributed by atoms with Crippen LogP contribution in [-0.2, 0) is 0 Å². The van der Waals surface area contributed by atoms with Gasteiger partial charge in [0.25, 0.3) is 11.7 Å². The fourth-order valence-electron chi connectivity index (χ4n) is 1.50. The van der Waals surface area contributed by atoms with Gasteiger partial charge in [0.1, 0.15) is 5.52 Å². The minimum absolute atomic E-state index is 0.0343. The number of aliphatic hydroxyl groups is 1. The molecule has 0 fully saturated rings. The van der Waals surface area contributed by atoms with Crippen molar-refractivity contribution < 1.29 is 14.4 Å². The third-order valence-corrected chi connectivity index (χ3v) is 2.96. The van der Waals surface area contributed by atoms with Crippen LogP contribution in [0.3, 0.4) is 0 Å². The Morgan fingerprint density at radius 3 is 2.95 bits per heavy atom. The maximum atomic E-state index is 10.6. The third-order valence-electron chi connectivity index (χ3n) is 2.96. The summed E-state index contributed by atoms with van der Waals surface area (Å²) < 4.78 is 5.39. The van der Waals surface area contributed by atoms with Crippen molar-refractivity contribution in [2.45, 2.75) is 25.9 Å². The maximum absolute atomic E-state index is 10.6. The lowest BCUT2D eigenvalue weighted by Crippen LogP contribution is -2.32. The van der Waals surface area contributed by atoms with E-state index in [0.717, 1.165) is 0 Å². The van der Waals surface area contributed by atoms with E-state index in [-0.39, 0.29) is 11.7 Å². The molecule has 1 aromatic carbocycles. The smallest absolute Gasteiger partial charge is 0.295 e. The van der Waals surface area contributed by atoms with E-state index in [0.29, 0.717) is 24.1 Å². The molecular formula is C12H15N3O4. The lowest BCUT2D eigenvalue weighted by molar-refractivity contribution is -0.384. The van der Waals surface area contributed by atoms with Crippen molar-refractivity contribution in [3.8, 4) is 0 Å². The molecular weight excluding hydrogens is 250 g/mol. The number of nitro benzene ring substituents is 1. The van der Waals surface area contributed by atoms with Crippen LogP contribution in [0.1, 0.15) is 20.3 Å². The summed E-state index contributed by atoms with van der Waals surface area (Å²) in [6.45, 7) is 3.86. The molecule has 0 radical (unpaired) electrons. The number of fused-ring (bicyclic) bond motifs is 1. The van der Waals surface area contributed by atoms with Gasteiger partial charge in [-0.3, -0.25) is 10.1 Å². The first kappa shape index (κ1) is 13.3. The van der Waals surface area contributed by atoms with Crippen molar-refractivity contribution in [1.82, 2.24) is 4.98 Å². The highest BCUT2D eigenvalue weighted by Gasteiger charge is 2.18. The van der Waals surface area contributed by atoms with Crippen LogP contribution in [0.4, 0.5) is 11.7 Å². The molecule has 0 aliphatic rings. The molecule has 0 spiro atoms. The van der Waals surface area contributed by atoms with Crippen LogP contribution in [0.2, 0.25) is 0 Å². The van der Waals surface area contributed by atoms with Crippen LogP contribution in [0, 0.1) is 10.1 Å². The van der Waals surface area contributed by atoms with Crippen molar-refractivity contribution >= 4 is 22.8 Å². The van der Waals surface area contributed by atoms with Gasteiger partial charge in [0.05, 0.1) is 10.5 Å². The standard InChI is InChI=1S/C12H15N3O4/c1-3-12(2,16)7-13-11-14-9-6-8(15(17)18)4-5-10(9)19-11/h4-6,16H,3,7H2,1-2H3,(H,13,14). The van der Waals surface area contributed by atoms with Gasteiger partial charge in [-0.2, -0.15) is 4.98 Å². The number of rotatable bonds is 5. The third kappa shape index (κ3) is 3.00. The van der Waals surface area contributed by atoms with E-state index in [1.54, 1.807) is 6.92 Å². The van der Waals surface area contributed by atoms with Crippen molar-refractivity contribution in [2.24, 2.45) is 0 Å². The van der Waals surface area contributed by atoms with Gasteiger partial charge in [0.2, 0.25) is 0 Å². The molecule has 7 heteroatoms. The van der Waals surface area contributed by atoms with Crippen molar-refractivity contribution in [3.05, 3.63) is 28.3 Å². The fraction of sp³-hybridized carbons (Fsp3) is 0.417. The molecule has 2 rings (SSSR count). The topological polar surface area (TPSA) is 101 Å². The number of nitro groups is 1. The van der Waals surface area contributed by atoms with Crippen molar-refractivity contribution in [1.29, 1.82) is 0 Å². The Kier molecular flexibility index (Phi) is 3.39. The van der Waals surface area contributed by atoms with Crippen molar-refractivity contribution in [3.63, 3.8) is 0 Å². The summed E-state index contributed by atoms with van der Waals surface area (Å²) in [5, 5.41) is 23.4. The first-order valence-electron chi connectivity index (χ1n) is 5.92. The summed E-state index contributed by atoms with van der Waals surface area (Å²) in [6, 6.07) is 4.45. The zero-order chi connectivity index (χ0) is 14.0. The Labute approximate surface area is 109 Å². The molecule has 0 aliphatic carbocycles. The SMILES string of the molecule is CCC(C)(O)CNc1nc2cc([N+](=O)[O-])ccc2o1. The molecule has 0 aliphatic heterocycles. The minimum Gasteiger partial charge on any atom is -0.424 e. The highest BCUT2D eigenvalue weighted by Crippen LogP contribution is 2.23. The molecule has 0 amide bonds. The summed E-state index contributed by atoms with van der Waals surface area (Å²) in [5.74, 6) is 0. The van der Waals surface area contributed by atoms with Gasteiger partial charge in [0, 0.05) is 18.7 Å². The molecule has 19 heavy (non-hydrogen) atoms. The molecule has 1 atom stereocenters. The van der Waals surface area contributed by atoms with Crippen LogP contribution in [0.5, 0.6) is 0 Å². The van der Waals surface area contributed by atoms with E-state index in [1.807, 2.05) is 6.92 Å². The second-order valence-corrected chi connectivity index (χ2v) is 4.63. The van der Waals surface area contributed by atoms with Gasteiger partial charge in [0.15, 0.2) is 5.58 Å². The number of hydrogen-bond acceptors (Lipinski definition) is 6. The quantitative estimate of drug-likeness (QED) is 0.635. The summed E-state index contributed by atoms with van der Waals surface area (Å²) in [7, 11) is 0. The molecule has 0 bridgehead atoms. The van der Waals surface area contributed by atoms with Gasteiger partial charge in [-0.1, -0.05) is 6.92 Å². The highest BCUT2D eigenvalue weighted by atomic mass is 16.6. The summed E-state index contributed by atoms with van der Waals surface area (Å²) in [4.78, 5) is 14.3. The minimum atomic E-state index is -0.855. The Bertz CT molecular complexity index is 606. The molecule has 2 aromatic rings. The number of nitrogens with one attached hydrogen (secondary N) is 1. The van der Waals surface area contributed by atoms with Gasteiger partial charge in [-0.25, -0.2) is 0 Å². The molecule has 0 saturated carbocycles. The predicted octanol–water partition coefficient (Wildman–Crippen LogP) is 2.31. The molecule has 1 aromatic heterocycles. The molecule has 102 valence electrons. The Morgan fingerprint density at radius 1 is 1.58 bits per heavy atom. The lowest BCUT2D eigenvalue weighted by Gasteiger charge is -2.20. The Balaban J connectivity index is 2.20. The van der Waals surface area contributed by atoms with Crippen LogP contribution in [0.15, 0.2) is 22.6 Å². The monoisotopic (exact) mass is 265 g/mol. The van der Waals surface area contributed by atoms with Crippen LogP contribution in [0.25, 0.3) is 11.1 Å². The van der Waals surface area contributed by atoms with Gasteiger partial charge >= 0.3 is 0 Å². The van der Waals surface area contributed by atoms with E-state index in [1.165, 1.54) is 18.2 Å². The van der Waals surface area contributed by atoms with Crippen LogP contribution >= 0.6 is 0 Å². The molecule has 2 N–H and O–H groups in total. The van der Waals surface area contributed by atoms with Gasteiger partial charge in [-0.15, -0.1) is 0 Å². The van der Waals surface area contributed by atoms with E-state index < -0.39 is 10.5 Å². The summed E-state index contributed by atoms with van der Waals surface area (Å²) in [5.41, 5.74) is -0.0166. The molecule has 7 nitrogen and oxygen atoms in total. The number of anilines is 1. The largest absolute Gasteiger partial charge is 0.424 e. The van der Waals surface area contributed by atoms with E-state index in [2.05, 4.69) is 10.3 Å². The second-order valence-electron chi connectivity index (χ2n) is 4.63. The average Bonchev–Trinajstić information content (AvgIpc) is 2.78. The zero-order valence-electron chi connectivity index (χ0n) is 10.7. The fourth-order valence-corrected chi connectivity index (χ4v) is 1.50. The van der Waals surface area contributed by atoms with Crippen LogP contribution in [-0.4, -0.2) is 27.2 Å². The number of benzene rings is 1. The van der Waals surface area contributed by atoms with E-state index in [4.69, 9.17) is 4.42 Å². The number of non-ortho nitro benzene ring substituents is 1. The van der Waals surface area contributed by atoms with Gasteiger partial charge < -0.3 is 14.8 Å². The van der Waals surface area contributed by atoms with E-state index in [9.17, 15) is 15.2 Å². The number of aromatic nitrogens is 1. The number of hydrogen-bond donors (Lipinski definition) is 2. The zero-order valence-corrected chi connectivity index (χ0v) is 10.7. The first-order valence-corrected chi connectivity index (χ1v) is 5.92. The van der Waals surface area contributed by atoms with E-state index >= 15 is 0 Å². The number of nitrogens with zero attached hydrogens (tertiary/aromatic N) is 2. The normalized spacial score (nSPS) is 14.3. The van der Waals surface area contributed by atoms with Crippen LogP contribution < -0.4 is 5.32 Å². The molecule has 1 heterocycles. The van der Waals surface area contributed by atoms with Gasteiger partial charge in [-0.05, 0) is 19.4 Å². The van der Waals surface area contributed by atoms with Crippen molar-refractivity contribution in [2.75, 3.05) is 11.9 Å². The predicted molar refractivity (Wildman–Crippen MR) is 70.1 cm³/mol. The number of oxazole rings is 1. The second kappa shape index (κ2) is 4.85. The Hall–Kier alpha value is -2.15. The first-order chi connectivity index (χ1) is 8.91. The molecule has 0 saturated heterocycles. The molecule has 1 unspecified atom stereocenters. The lowest BCUT2D eigenvalue weighted by atomic mass is 10.0. The summed E-state index contributed by atoms with van der Waals surface area (Å²) >= 11 is 0.